The number of nitrogens with zero attached hydrogens (tertiary/aromatic N) is 1. The molecule has 0 aliphatic rings. The standard InChI is InChI=1S/C12H11N/c1-10-4-2-5-11(8-10)12-6-3-7-13-9-12/h2-9H,1H3. The molecule has 1 nitrogen and oxygen atoms in total. The lowest BCUT2D eigenvalue weighted by atomic mass is 10.1. The third kappa shape index (κ3) is 1.75. The summed E-state index contributed by atoms with van der Waals surface area (Å²) in [4.78, 5) is 4.09. The Morgan fingerprint density at radius 1 is 1.00 bits per heavy atom. The Morgan fingerprint density at radius 2 is 1.85 bits per heavy atom. The quantitative estimate of drug-likeness (QED) is 0.639. The molecule has 0 saturated heterocycles. The molecule has 1 aromatic carbocycles. The highest BCUT2D eigenvalue weighted by atomic mass is 14.6. The van der Waals surface area contributed by atoms with Gasteiger partial charge in [-0.15, -0.1) is 0 Å². The molecule has 0 aliphatic heterocycles. The van der Waals surface area contributed by atoms with E-state index < -0.39 is 0 Å². The van der Waals surface area contributed by atoms with Crippen molar-refractivity contribution in [2.24, 2.45) is 0 Å². The minimum atomic E-state index is 1.17. The molecule has 0 atom stereocenters. The molecule has 0 radical (unpaired) electrons. The van der Waals surface area contributed by atoms with E-state index in [9.17, 15) is 0 Å². The van der Waals surface area contributed by atoms with E-state index in [-0.39, 0.29) is 0 Å². The molecule has 0 aliphatic carbocycles. The molecule has 0 amide bonds. The molecule has 64 valence electrons. The maximum atomic E-state index is 4.09. The maximum Gasteiger partial charge on any atom is 0.0346 e. The van der Waals surface area contributed by atoms with Gasteiger partial charge >= 0.3 is 0 Å². The topological polar surface area (TPSA) is 12.9 Å². The second kappa shape index (κ2) is 3.40. The Morgan fingerprint density at radius 3 is 2.54 bits per heavy atom. The molecular weight excluding hydrogens is 158 g/mol. The fourth-order valence-corrected chi connectivity index (χ4v) is 1.36. The van der Waals surface area contributed by atoms with Crippen LogP contribution in [-0.4, -0.2) is 4.98 Å². The summed E-state index contributed by atoms with van der Waals surface area (Å²) in [7, 11) is 0. The fourth-order valence-electron chi connectivity index (χ4n) is 1.36. The average Bonchev–Trinajstić information content (AvgIpc) is 2.19. The van der Waals surface area contributed by atoms with E-state index >= 15 is 0 Å². The molecule has 2 aromatic rings. The largest absolute Gasteiger partial charge is 0.264 e. The van der Waals surface area contributed by atoms with Gasteiger partial charge in [-0.05, 0) is 24.1 Å². The first kappa shape index (κ1) is 7.99. The number of aryl methyl sites for hydroxylation is 1. The Balaban J connectivity index is 2.48. The summed E-state index contributed by atoms with van der Waals surface area (Å²) in [6, 6.07) is 12.5. The monoisotopic (exact) mass is 169 g/mol. The molecule has 0 fully saturated rings. The molecule has 1 heteroatoms. The van der Waals surface area contributed by atoms with Crippen LogP contribution in [0.3, 0.4) is 0 Å². The normalized spacial score (nSPS) is 9.92. The Bertz CT molecular complexity index is 393. The number of hydrogen-bond acceptors (Lipinski definition) is 1. The van der Waals surface area contributed by atoms with Gasteiger partial charge in [0, 0.05) is 12.4 Å². The SMILES string of the molecule is Cc1cccc(-c2cccnc2)c1. The second-order valence-corrected chi connectivity index (χ2v) is 3.11. The van der Waals surface area contributed by atoms with Gasteiger partial charge in [0.05, 0.1) is 0 Å². The summed E-state index contributed by atoms with van der Waals surface area (Å²) in [6.07, 6.45) is 3.67. The molecule has 0 saturated carbocycles. The molecule has 0 N–H and O–H groups in total. The van der Waals surface area contributed by atoms with E-state index in [0.29, 0.717) is 0 Å². The minimum Gasteiger partial charge on any atom is -0.264 e. The van der Waals surface area contributed by atoms with Gasteiger partial charge in [0.1, 0.15) is 0 Å². The third-order valence-corrected chi connectivity index (χ3v) is 2.01. The zero-order chi connectivity index (χ0) is 9.10. The van der Waals surface area contributed by atoms with Gasteiger partial charge in [-0.25, -0.2) is 0 Å². The fraction of sp³-hybridized carbons (Fsp3) is 0.0833. The summed E-state index contributed by atoms with van der Waals surface area (Å²) in [6.45, 7) is 2.10. The molecule has 0 unspecified atom stereocenters. The summed E-state index contributed by atoms with van der Waals surface area (Å²) in [5, 5.41) is 0. The van der Waals surface area contributed by atoms with Crippen LogP contribution in [-0.2, 0) is 0 Å². The second-order valence-electron chi connectivity index (χ2n) is 3.11. The van der Waals surface area contributed by atoms with Crippen LogP contribution in [0.25, 0.3) is 11.1 Å². The first-order valence-electron chi connectivity index (χ1n) is 4.33. The van der Waals surface area contributed by atoms with Gasteiger partial charge < -0.3 is 0 Å². The van der Waals surface area contributed by atoms with Crippen molar-refractivity contribution in [3.8, 4) is 11.1 Å². The molecule has 2 rings (SSSR count). The van der Waals surface area contributed by atoms with E-state index in [0.717, 1.165) is 0 Å². The molecule has 1 heterocycles. The van der Waals surface area contributed by atoms with E-state index in [1.807, 2.05) is 12.3 Å². The number of pyridine rings is 1. The number of rotatable bonds is 1. The first-order chi connectivity index (χ1) is 6.36. The van der Waals surface area contributed by atoms with Crippen molar-refractivity contribution < 1.29 is 0 Å². The lowest BCUT2D eigenvalue weighted by Crippen LogP contribution is -1.79. The molecular formula is C12H11N. The lowest BCUT2D eigenvalue weighted by Gasteiger charge is -2.00. The Hall–Kier alpha value is -1.63. The van der Waals surface area contributed by atoms with E-state index in [1.165, 1.54) is 16.7 Å². The average molecular weight is 169 g/mol. The minimum absolute atomic E-state index is 1.17. The predicted molar refractivity (Wildman–Crippen MR) is 54.4 cm³/mol. The first-order valence-corrected chi connectivity index (χ1v) is 4.33. The highest BCUT2D eigenvalue weighted by Gasteiger charge is 1.95. The van der Waals surface area contributed by atoms with E-state index in [4.69, 9.17) is 0 Å². The van der Waals surface area contributed by atoms with Gasteiger partial charge in [0.2, 0.25) is 0 Å². The van der Waals surface area contributed by atoms with Crippen molar-refractivity contribution in [1.29, 1.82) is 0 Å². The highest BCUT2D eigenvalue weighted by molar-refractivity contribution is 5.62. The van der Waals surface area contributed by atoms with Crippen LogP contribution in [0.5, 0.6) is 0 Å². The smallest absolute Gasteiger partial charge is 0.0346 e. The molecule has 13 heavy (non-hydrogen) atoms. The number of aromatic nitrogens is 1. The van der Waals surface area contributed by atoms with Crippen LogP contribution in [0.4, 0.5) is 0 Å². The zero-order valence-electron chi connectivity index (χ0n) is 7.57. The zero-order valence-corrected chi connectivity index (χ0v) is 7.57. The van der Waals surface area contributed by atoms with E-state index in [1.54, 1.807) is 6.20 Å². The molecule has 0 spiro atoms. The summed E-state index contributed by atoms with van der Waals surface area (Å²) in [5.41, 5.74) is 3.68. The van der Waals surface area contributed by atoms with Crippen molar-refractivity contribution in [1.82, 2.24) is 4.98 Å². The van der Waals surface area contributed by atoms with Crippen LogP contribution >= 0.6 is 0 Å². The van der Waals surface area contributed by atoms with Crippen molar-refractivity contribution in [2.75, 3.05) is 0 Å². The van der Waals surface area contributed by atoms with Crippen LogP contribution in [0.1, 0.15) is 5.56 Å². The number of benzene rings is 1. The van der Waals surface area contributed by atoms with Crippen molar-refractivity contribution >= 4 is 0 Å². The van der Waals surface area contributed by atoms with Gasteiger partial charge in [-0.3, -0.25) is 4.98 Å². The third-order valence-electron chi connectivity index (χ3n) is 2.01. The van der Waals surface area contributed by atoms with Gasteiger partial charge in [0.15, 0.2) is 0 Å². The maximum absolute atomic E-state index is 4.09. The van der Waals surface area contributed by atoms with Crippen molar-refractivity contribution in [3.63, 3.8) is 0 Å². The lowest BCUT2D eigenvalue weighted by molar-refractivity contribution is 1.33. The van der Waals surface area contributed by atoms with Crippen LogP contribution in [0.15, 0.2) is 48.8 Å². The summed E-state index contributed by atoms with van der Waals surface area (Å²) < 4.78 is 0. The number of hydrogen-bond donors (Lipinski definition) is 0. The van der Waals surface area contributed by atoms with Gasteiger partial charge in [0.25, 0.3) is 0 Å². The highest BCUT2D eigenvalue weighted by Crippen LogP contribution is 2.18. The van der Waals surface area contributed by atoms with E-state index in [2.05, 4.69) is 42.2 Å². The van der Waals surface area contributed by atoms with Crippen LogP contribution in [0, 0.1) is 6.92 Å². The molecule has 1 aromatic heterocycles. The predicted octanol–water partition coefficient (Wildman–Crippen LogP) is 3.06. The van der Waals surface area contributed by atoms with Crippen molar-refractivity contribution in [2.45, 2.75) is 6.92 Å². The molecule has 0 bridgehead atoms. The summed E-state index contributed by atoms with van der Waals surface area (Å²) in [5.74, 6) is 0. The van der Waals surface area contributed by atoms with Crippen LogP contribution in [0.2, 0.25) is 0 Å². The van der Waals surface area contributed by atoms with Crippen LogP contribution < -0.4 is 0 Å². The Labute approximate surface area is 78.1 Å². The summed E-state index contributed by atoms with van der Waals surface area (Å²) >= 11 is 0. The van der Waals surface area contributed by atoms with Crippen molar-refractivity contribution in [3.05, 3.63) is 54.4 Å². The van der Waals surface area contributed by atoms with Gasteiger partial charge in [-0.1, -0.05) is 35.9 Å². The Kier molecular flexibility index (Phi) is 2.09. The van der Waals surface area contributed by atoms with Gasteiger partial charge in [-0.2, -0.15) is 0 Å².